The quantitative estimate of drug-likeness (QED) is 0.822. The van der Waals surface area contributed by atoms with Gasteiger partial charge in [-0.15, -0.1) is 11.3 Å². The number of likely N-dealkylation sites (N-methyl/N-ethyl adjacent to an activating group) is 1. The van der Waals surface area contributed by atoms with Gasteiger partial charge in [0.2, 0.25) is 0 Å². The summed E-state index contributed by atoms with van der Waals surface area (Å²) in [5, 5.41) is 5.37. The average molecular weight is 313 g/mol. The molecule has 0 amide bonds. The molecule has 0 saturated heterocycles. The van der Waals surface area contributed by atoms with Gasteiger partial charge < -0.3 is 5.32 Å². The zero-order valence-electron chi connectivity index (χ0n) is 12.0. The first-order valence-electron chi connectivity index (χ1n) is 6.85. The Kier molecular flexibility index (Phi) is 5.06. The molecule has 1 aromatic carbocycles. The van der Waals surface area contributed by atoms with E-state index in [1.165, 1.54) is 17.0 Å². The fraction of sp³-hybridized carbons (Fsp3) is 0.375. The first-order chi connectivity index (χ1) is 9.91. The van der Waals surface area contributed by atoms with Gasteiger partial charge in [-0.3, -0.25) is 0 Å². The number of nitrogens with one attached hydrogen (secondary N) is 1. The van der Waals surface area contributed by atoms with Crippen molar-refractivity contribution in [3.05, 3.63) is 57.3 Å². The lowest BCUT2D eigenvalue weighted by Crippen LogP contribution is -2.23. The summed E-state index contributed by atoms with van der Waals surface area (Å²) in [7, 11) is 0. The van der Waals surface area contributed by atoms with Gasteiger partial charge in [-0.1, -0.05) is 19.1 Å². The second-order valence-electron chi connectivity index (χ2n) is 4.96. The van der Waals surface area contributed by atoms with Gasteiger partial charge in [-0.2, -0.15) is 13.2 Å². The highest BCUT2D eigenvalue weighted by Crippen LogP contribution is 2.32. The highest BCUT2D eigenvalue weighted by atomic mass is 32.1. The van der Waals surface area contributed by atoms with Crippen LogP contribution < -0.4 is 5.32 Å². The van der Waals surface area contributed by atoms with Gasteiger partial charge in [-0.05, 0) is 48.2 Å². The Hall–Kier alpha value is -1.33. The zero-order chi connectivity index (χ0) is 15.5. The van der Waals surface area contributed by atoms with Crippen molar-refractivity contribution in [2.24, 2.45) is 0 Å². The summed E-state index contributed by atoms with van der Waals surface area (Å²) in [4.78, 5) is 1.22. The molecule has 2 rings (SSSR count). The van der Waals surface area contributed by atoms with Crippen LogP contribution in [-0.4, -0.2) is 6.54 Å². The Morgan fingerprint density at radius 1 is 1.24 bits per heavy atom. The van der Waals surface area contributed by atoms with Crippen molar-refractivity contribution in [3.63, 3.8) is 0 Å². The minimum absolute atomic E-state index is 0.0379. The first kappa shape index (κ1) is 16.0. The number of alkyl halides is 3. The van der Waals surface area contributed by atoms with E-state index in [1.807, 2.05) is 18.4 Å². The van der Waals surface area contributed by atoms with Crippen LogP contribution in [0, 0.1) is 6.92 Å². The number of hydrogen-bond donors (Lipinski definition) is 1. The second-order valence-corrected chi connectivity index (χ2v) is 6.00. The third-order valence-electron chi connectivity index (χ3n) is 3.41. The van der Waals surface area contributed by atoms with Gasteiger partial charge in [0.25, 0.3) is 0 Å². The standard InChI is InChI=1S/C16H18F3NS/c1-3-20-15(10-13-5-4-8-21-13)14-7-6-12(9-11(14)2)16(17,18)19/h4-9,15,20H,3,10H2,1-2H3. The van der Waals surface area contributed by atoms with E-state index < -0.39 is 11.7 Å². The van der Waals surface area contributed by atoms with E-state index in [1.54, 1.807) is 24.3 Å². The number of rotatable bonds is 5. The van der Waals surface area contributed by atoms with Crippen LogP contribution >= 0.6 is 11.3 Å². The summed E-state index contributed by atoms with van der Waals surface area (Å²) in [6.07, 6.45) is -3.50. The molecule has 1 unspecified atom stereocenters. The summed E-state index contributed by atoms with van der Waals surface area (Å²) in [6.45, 7) is 4.51. The molecule has 0 aliphatic heterocycles. The van der Waals surface area contributed by atoms with E-state index in [9.17, 15) is 13.2 Å². The minimum Gasteiger partial charge on any atom is -0.310 e. The Labute approximate surface area is 126 Å². The van der Waals surface area contributed by atoms with Crippen LogP contribution in [0.2, 0.25) is 0 Å². The first-order valence-corrected chi connectivity index (χ1v) is 7.73. The highest BCUT2D eigenvalue weighted by Gasteiger charge is 2.31. The molecule has 1 nitrogen and oxygen atoms in total. The second kappa shape index (κ2) is 6.62. The Morgan fingerprint density at radius 3 is 2.52 bits per heavy atom. The van der Waals surface area contributed by atoms with E-state index in [4.69, 9.17) is 0 Å². The Morgan fingerprint density at radius 2 is 2.00 bits per heavy atom. The Balaban J connectivity index is 2.28. The van der Waals surface area contributed by atoms with Crippen molar-refractivity contribution in [1.82, 2.24) is 5.32 Å². The molecular weight excluding hydrogens is 295 g/mol. The van der Waals surface area contributed by atoms with Gasteiger partial charge >= 0.3 is 6.18 Å². The predicted octanol–water partition coefficient (Wildman–Crippen LogP) is 4.97. The molecule has 1 N–H and O–H groups in total. The van der Waals surface area contributed by atoms with Gasteiger partial charge in [0.05, 0.1) is 5.56 Å². The van der Waals surface area contributed by atoms with E-state index in [0.29, 0.717) is 5.56 Å². The van der Waals surface area contributed by atoms with Crippen molar-refractivity contribution in [3.8, 4) is 0 Å². The molecule has 0 saturated carbocycles. The maximum absolute atomic E-state index is 12.7. The SMILES string of the molecule is CCNC(Cc1cccs1)c1ccc(C(F)(F)F)cc1C. The van der Waals surface area contributed by atoms with Gasteiger partial charge in [0.1, 0.15) is 0 Å². The lowest BCUT2D eigenvalue weighted by molar-refractivity contribution is -0.137. The van der Waals surface area contributed by atoms with Crippen molar-refractivity contribution in [2.75, 3.05) is 6.54 Å². The average Bonchev–Trinajstić information content (AvgIpc) is 2.90. The van der Waals surface area contributed by atoms with Crippen LogP contribution in [0.25, 0.3) is 0 Å². The molecule has 21 heavy (non-hydrogen) atoms. The van der Waals surface area contributed by atoms with Gasteiger partial charge in [-0.25, -0.2) is 0 Å². The van der Waals surface area contributed by atoms with E-state index in [0.717, 1.165) is 18.5 Å². The van der Waals surface area contributed by atoms with E-state index in [2.05, 4.69) is 11.4 Å². The van der Waals surface area contributed by atoms with Crippen LogP contribution in [0.3, 0.4) is 0 Å². The van der Waals surface area contributed by atoms with Crippen molar-refractivity contribution >= 4 is 11.3 Å². The van der Waals surface area contributed by atoms with Crippen LogP contribution in [0.4, 0.5) is 13.2 Å². The fourth-order valence-electron chi connectivity index (χ4n) is 2.41. The number of thiophene rings is 1. The van der Waals surface area contributed by atoms with Crippen molar-refractivity contribution in [2.45, 2.75) is 32.5 Å². The summed E-state index contributed by atoms with van der Waals surface area (Å²) in [5.74, 6) is 0. The molecular formula is C16H18F3NS. The largest absolute Gasteiger partial charge is 0.416 e. The lowest BCUT2D eigenvalue weighted by Gasteiger charge is -2.21. The van der Waals surface area contributed by atoms with E-state index >= 15 is 0 Å². The minimum atomic E-state index is -4.29. The fourth-order valence-corrected chi connectivity index (χ4v) is 3.16. The van der Waals surface area contributed by atoms with Gasteiger partial charge in [0.15, 0.2) is 0 Å². The van der Waals surface area contributed by atoms with Crippen LogP contribution in [0.5, 0.6) is 0 Å². The van der Waals surface area contributed by atoms with Crippen LogP contribution in [0.1, 0.15) is 34.5 Å². The van der Waals surface area contributed by atoms with Crippen molar-refractivity contribution in [1.29, 1.82) is 0 Å². The molecule has 1 aromatic heterocycles. The summed E-state index contributed by atoms with van der Waals surface area (Å²) in [6, 6.07) is 8.07. The topological polar surface area (TPSA) is 12.0 Å². The monoisotopic (exact) mass is 313 g/mol. The zero-order valence-corrected chi connectivity index (χ0v) is 12.8. The molecule has 1 heterocycles. The number of halogens is 3. The molecule has 0 fully saturated rings. The smallest absolute Gasteiger partial charge is 0.310 e. The summed E-state index contributed by atoms with van der Waals surface area (Å²) >= 11 is 1.67. The molecule has 114 valence electrons. The molecule has 0 aliphatic carbocycles. The third kappa shape index (κ3) is 4.08. The molecule has 1 atom stereocenters. The molecule has 5 heteroatoms. The molecule has 0 radical (unpaired) electrons. The highest BCUT2D eigenvalue weighted by molar-refractivity contribution is 7.09. The maximum Gasteiger partial charge on any atom is 0.416 e. The number of aryl methyl sites for hydroxylation is 1. The summed E-state index contributed by atoms with van der Waals surface area (Å²) in [5.41, 5.74) is 1.01. The lowest BCUT2D eigenvalue weighted by atomic mass is 9.96. The third-order valence-corrected chi connectivity index (χ3v) is 4.31. The van der Waals surface area contributed by atoms with Gasteiger partial charge in [0, 0.05) is 17.3 Å². The molecule has 0 bridgehead atoms. The predicted molar refractivity (Wildman–Crippen MR) is 80.6 cm³/mol. The maximum atomic E-state index is 12.7. The molecule has 2 aromatic rings. The molecule has 0 aliphatic rings. The number of hydrogen-bond acceptors (Lipinski definition) is 2. The number of benzene rings is 1. The normalized spacial score (nSPS) is 13.4. The van der Waals surface area contributed by atoms with Crippen LogP contribution in [0.15, 0.2) is 35.7 Å². The van der Waals surface area contributed by atoms with Crippen molar-refractivity contribution < 1.29 is 13.2 Å². The van der Waals surface area contributed by atoms with E-state index in [-0.39, 0.29) is 6.04 Å². The van der Waals surface area contributed by atoms with Crippen LogP contribution in [-0.2, 0) is 12.6 Å². The molecule has 0 spiro atoms. The summed E-state index contributed by atoms with van der Waals surface area (Å²) < 4.78 is 38.2. The Bertz CT molecular complexity index is 576.